The predicted molar refractivity (Wildman–Crippen MR) is 88.3 cm³/mol. The Kier molecular flexibility index (Phi) is 4.20. The van der Waals surface area contributed by atoms with Gasteiger partial charge in [-0.25, -0.2) is 22.0 Å². The third-order valence-corrected chi connectivity index (χ3v) is 5.05. The van der Waals surface area contributed by atoms with Gasteiger partial charge < -0.3 is 4.74 Å². The second-order valence-corrected chi connectivity index (χ2v) is 7.78. The Balaban J connectivity index is 2.23. The van der Waals surface area contributed by atoms with Gasteiger partial charge in [0.15, 0.2) is 9.84 Å². The standard InChI is InChI=1S/C18H14F2O4S/c1-10-16(14-7-6-13(9-15(14)20)25(2,22)23)17(18(21)24-10)11-4-3-5-12(19)8-11/h3-10H,1-2H3. The summed E-state index contributed by atoms with van der Waals surface area (Å²) < 4.78 is 56.4. The lowest BCUT2D eigenvalue weighted by Gasteiger charge is -2.11. The highest BCUT2D eigenvalue weighted by Gasteiger charge is 2.34. The number of rotatable bonds is 3. The molecule has 1 unspecified atom stereocenters. The Hall–Kier alpha value is -2.54. The third kappa shape index (κ3) is 3.19. The maximum absolute atomic E-state index is 14.6. The molecule has 1 aliphatic heterocycles. The lowest BCUT2D eigenvalue weighted by atomic mass is 9.93. The van der Waals surface area contributed by atoms with Gasteiger partial charge in [0.2, 0.25) is 0 Å². The number of esters is 1. The molecule has 25 heavy (non-hydrogen) atoms. The molecule has 3 rings (SSSR count). The van der Waals surface area contributed by atoms with Crippen LogP contribution in [0.5, 0.6) is 0 Å². The van der Waals surface area contributed by atoms with Gasteiger partial charge in [0.05, 0.1) is 10.5 Å². The van der Waals surface area contributed by atoms with Crippen molar-refractivity contribution in [2.75, 3.05) is 6.26 Å². The number of halogens is 2. The monoisotopic (exact) mass is 364 g/mol. The fourth-order valence-electron chi connectivity index (χ4n) is 2.81. The van der Waals surface area contributed by atoms with Crippen LogP contribution >= 0.6 is 0 Å². The summed E-state index contributed by atoms with van der Waals surface area (Å²) >= 11 is 0. The van der Waals surface area contributed by atoms with Crippen LogP contribution in [-0.4, -0.2) is 26.7 Å². The lowest BCUT2D eigenvalue weighted by molar-refractivity contribution is -0.136. The summed E-state index contributed by atoms with van der Waals surface area (Å²) in [6.45, 7) is 1.57. The van der Waals surface area contributed by atoms with E-state index in [2.05, 4.69) is 0 Å². The van der Waals surface area contributed by atoms with E-state index >= 15 is 0 Å². The molecule has 1 aliphatic rings. The molecule has 0 bridgehead atoms. The Bertz CT molecular complexity index is 1010. The fraction of sp³-hybridized carbons (Fsp3) is 0.167. The van der Waals surface area contributed by atoms with Gasteiger partial charge in [0.1, 0.15) is 17.7 Å². The van der Waals surface area contributed by atoms with Gasteiger partial charge in [-0.15, -0.1) is 0 Å². The zero-order chi connectivity index (χ0) is 18.4. The zero-order valence-corrected chi connectivity index (χ0v) is 14.2. The molecule has 130 valence electrons. The maximum Gasteiger partial charge on any atom is 0.339 e. The molecule has 2 aromatic rings. The van der Waals surface area contributed by atoms with Crippen molar-refractivity contribution in [1.82, 2.24) is 0 Å². The molecule has 0 saturated carbocycles. The van der Waals surface area contributed by atoms with Gasteiger partial charge >= 0.3 is 5.97 Å². The van der Waals surface area contributed by atoms with Crippen molar-refractivity contribution in [2.24, 2.45) is 0 Å². The van der Waals surface area contributed by atoms with E-state index in [0.717, 1.165) is 18.4 Å². The molecule has 0 aliphatic carbocycles. The van der Waals surface area contributed by atoms with E-state index in [1.165, 1.54) is 30.3 Å². The van der Waals surface area contributed by atoms with Gasteiger partial charge in [-0.2, -0.15) is 0 Å². The van der Waals surface area contributed by atoms with Crippen LogP contribution in [0.2, 0.25) is 0 Å². The average molecular weight is 364 g/mol. The fourth-order valence-corrected chi connectivity index (χ4v) is 3.44. The Morgan fingerprint density at radius 1 is 1.08 bits per heavy atom. The van der Waals surface area contributed by atoms with Gasteiger partial charge in [-0.05, 0) is 36.8 Å². The van der Waals surface area contributed by atoms with Crippen molar-refractivity contribution in [3.8, 4) is 0 Å². The Morgan fingerprint density at radius 2 is 1.80 bits per heavy atom. The molecule has 7 heteroatoms. The molecule has 2 aromatic carbocycles. The summed E-state index contributed by atoms with van der Waals surface area (Å²) in [5, 5.41) is 0. The number of benzene rings is 2. The second-order valence-electron chi connectivity index (χ2n) is 5.76. The van der Waals surface area contributed by atoms with Crippen molar-refractivity contribution in [3.05, 3.63) is 65.2 Å². The topological polar surface area (TPSA) is 60.4 Å². The minimum Gasteiger partial charge on any atom is -0.454 e. The van der Waals surface area contributed by atoms with Crippen LogP contribution < -0.4 is 0 Å². The van der Waals surface area contributed by atoms with Crippen LogP contribution in [0.15, 0.2) is 47.4 Å². The minimum atomic E-state index is -3.57. The summed E-state index contributed by atoms with van der Waals surface area (Å²) in [4.78, 5) is 12.0. The quantitative estimate of drug-likeness (QED) is 0.785. The first-order valence-electron chi connectivity index (χ1n) is 7.39. The molecule has 0 saturated heterocycles. The number of carbonyl (C=O) groups is 1. The second kappa shape index (κ2) is 6.07. The van der Waals surface area contributed by atoms with Crippen LogP contribution in [-0.2, 0) is 19.4 Å². The van der Waals surface area contributed by atoms with E-state index in [1.807, 2.05) is 0 Å². The highest BCUT2D eigenvalue weighted by molar-refractivity contribution is 7.90. The molecular weight excluding hydrogens is 350 g/mol. The number of ether oxygens (including phenoxy) is 1. The Labute approximate surface area is 143 Å². The van der Waals surface area contributed by atoms with E-state index in [1.54, 1.807) is 6.92 Å². The number of hydrogen-bond donors (Lipinski definition) is 0. The third-order valence-electron chi connectivity index (χ3n) is 3.94. The number of carbonyl (C=O) groups excluding carboxylic acids is 1. The SMILES string of the molecule is CC1OC(=O)C(c2cccc(F)c2)=C1c1ccc(S(C)(=O)=O)cc1F. The number of hydrogen-bond acceptors (Lipinski definition) is 4. The van der Waals surface area contributed by atoms with Crippen LogP contribution in [0.3, 0.4) is 0 Å². The molecule has 0 radical (unpaired) electrons. The zero-order valence-electron chi connectivity index (χ0n) is 13.4. The molecule has 0 fully saturated rings. The smallest absolute Gasteiger partial charge is 0.339 e. The first-order valence-corrected chi connectivity index (χ1v) is 9.28. The minimum absolute atomic E-state index is 0.0463. The normalized spacial score (nSPS) is 17.8. The summed E-state index contributed by atoms with van der Waals surface area (Å²) in [7, 11) is -3.57. The van der Waals surface area contributed by atoms with Crippen LogP contribution in [0.4, 0.5) is 8.78 Å². The first kappa shape index (κ1) is 17.3. The van der Waals surface area contributed by atoms with Gasteiger partial charge in [0, 0.05) is 17.4 Å². The summed E-state index contributed by atoms with van der Waals surface area (Å²) in [6.07, 6.45) is 0.230. The van der Waals surface area contributed by atoms with E-state index in [-0.39, 0.29) is 27.2 Å². The van der Waals surface area contributed by atoms with Gasteiger partial charge in [-0.1, -0.05) is 18.2 Å². The van der Waals surface area contributed by atoms with E-state index < -0.39 is 33.5 Å². The molecular formula is C18H14F2O4S. The number of sulfone groups is 1. The van der Waals surface area contributed by atoms with E-state index in [0.29, 0.717) is 0 Å². The first-order chi connectivity index (χ1) is 11.7. The molecule has 0 spiro atoms. The van der Waals surface area contributed by atoms with Crippen molar-refractivity contribution in [3.63, 3.8) is 0 Å². The molecule has 0 aromatic heterocycles. The van der Waals surface area contributed by atoms with Crippen molar-refractivity contribution in [2.45, 2.75) is 17.9 Å². The van der Waals surface area contributed by atoms with Crippen LogP contribution in [0.1, 0.15) is 18.1 Å². The highest BCUT2D eigenvalue weighted by atomic mass is 32.2. The number of cyclic esters (lactones) is 1. The van der Waals surface area contributed by atoms with Crippen molar-refractivity contribution in [1.29, 1.82) is 0 Å². The summed E-state index contributed by atoms with van der Waals surface area (Å²) in [5.74, 6) is -2.01. The van der Waals surface area contributed by atoms with Crippen molar-refractivity contribution < 1.29 is 26.7 Å². The average Bonchev–Trinajstić information content (AvgIpc) is 2.80. The molecule has 1 atom stereocenters. The highest BCUT2D eigenvalue weighted by Crippen LogP contribution is 2.38. The molecule has 1 heterocycles. The lowest BCUT2D eigenvalue weighted by Crippen LogP contribution is -2.07. The molecule has 0 N–H and O–H groups in total. The Morgan fingerprint density at radius 3 is 2.40 bits per heavy atom. The predicted octanol–water partition coefficient (Wildman–Crippen LogP) is 3.22. The van der Waals surface area contributed by atoms with Gasteiger partial charge in [0.25, 0.3) is 0 Å². The van der Waals surface area contributed by atoms with Gasteiger partial charge in [-0.3, -0.25) is 0 Å². The largest absolute Gasteiger partial charge is 0.454 e. The van der Waals surface area contributed by atoms with Crippen LogP contribution in [0.25, 0.3) is 11.1 Å². The van der Waals surface area contributed by atoms with Crippen molar-refractivity contribution >= 4 is 27.0 Å². The van der Waals surface area contributed by atoms with Crippen LogP contribution in [0, 0.1) is 11.6 Å². The summed E-state index contributed by atoms with van der Waals surface area (Å²) in [6, 6.07) is 8.82. The molecule has 0 amide bonds. The maximum atomic E-state index is 14.6. The summed E-state index contributed by atoms with van der Waals surface area (Å²) in [5.41, 5.74) is 0.645. The van der Waals surface area contributed by atoms with E-state index in [4.69, 9.17) is 4.74 Å². The molecule has 4 nitrogen and oxygen atoms in total. The van der Waals surface area contributed by atoms with E-state index in [9.17, 15) is 22.0 Å².